The Hall–Kier alpha value is -2.93. The number of carbonyl (C=O) groups is 2. The van der Waals surface area contributed by atoms with E-state index in [1.165, 1.54) is 0 Å². The van der Waals surface area contributed by atoms with E-state index in [9.17, 15) is 9.59 Å². The second-order valence-corrected chi connectivity index (χ2v) is 9.35. The number of piperidine rings is 1. The summed E-state index contributed by atoms with van der Waals surface area (Å²) in [6.45, 7) is 3.06. The molecular formula is C28H31N3O2S. The molecule has 4 rings (SSSR count). The van der Waals surface area contributed by atoms with Crippen molar-refractivity contribution in [3.8, 4) is 11.1 Å². The smallest absolute Gasteiger partial charge is 0.232 e. The number of nitrogens with one attached hydrogen (secondary N) is 1. The molecule has 0 aliphatic carbocycles. The van der Waals surface area contributed by atoms with Crippen molar-refractivity contribution < 1.29 is 9.59 Å². The first-order valence-electron chi connectivity index (χ1n) is 11.8. The minimum Gasteiger partial charge on any atom is -0.328 e. The van der Waals surface area contributed by atoms with Crippen LogP contribution in [0.5, 0.6) is 0 Å². The van der Waals surface area contributed by atoms with E-state index in [0.29, 0.717) is 17.3 Å². The summed E-state index contributed by atoms with van der Waals surface area (Å²) in [6, 6.07) is 23.4. The molecule has 6 heteroatoms. The van der Waals surface area contributed by atoms with Gasteiger partial charge in [0.25, 0.3) is 0 Å². The maximum absolute atomic E-state index is 12.6. The molecule has 1 aliphatic rings. The monoisotopic (exact) mass is 473 g/mol. The number of ketones is 1. The number of thiol groups is 1. The molecule has 1 aliphatic heterocycles. The molecular weight excluding hydrogens is 442 g/mol. The Morgan fingerprint density at radius 1 is 0.941 bits per heavy atom. The van der Waals surface area contributed by atoms with Gasteiger partial charge in [-0.2, -0.15) is 0 Å². The number of anilines is 1. The SMILES string of the molecule is NC1CCN(CCc2ccc(NC(=O)CC(=O)c3ccc(-c4ccccc4)cc3)cc2S)CC1. The van der Waals surface area contributed by atoms with Crippen LogP contribution in [0.15, 0.2) is 77.7 Å². The lowest BCUT2D eigenvalue weighted by molar-refractivity contribution is -0.115. The third kappa shape index (κ3) is 6.56. The minimum absolute atomic E-state index is 0.203. The maximum atomic E-state index is 12.6. The molecule has 5 nitrogen and oxygen atoms in total. The van der Waals surface area contributed by atoms with E-state index in [-0.39, 0.29) is 18.1 Å². The van der Waals surface area contributed by atoms with Gasteiger partial charge in [-0.05, 0) is 61.2 Å². The Balaban J connectivity index is 1.28. The number of amides is 1. The average Bonchev–Trinajstić information content (AvgIpc) is 2.85. The molecule has 0 radical (unpaired) electrons. The molecule has 0 saturated carbocycles. The van der Waals surface area contributed by atoms with Crippen molar-refractivity contribution in [2.24, 2.45) is 5.73 Å². The fourth-order valence-electron chi connectivity index (χ4n) is 4.24. The van der Waals surface area contributed by atoms with Gasteiger partial charge in [-0.25, -0.2) is 0 Å². The van der Waals surface area contributed by atoms with E-state index in [4.69, 9.17) is 5.73 Å². The van der Waals surface area contributed by atoms with E-state index in [1.54, 1.807) is 12.1 Å². The van der Waals surface area contributed by atoms with Gasteiger partial charge in [0, 0.05) is 28.7 Å². The third-order valence-corrected chi connectivity index (χ3v) is 6.75. The highest BCUT2D eigenvalue weighted by molar-refractivity contribution is 7.80. The van der Waals surface area contributed by atoms with Crippen LogP contribution in [-0.2, 0) is 11.2 Å². The van der Waals surface area contributed by atoms with Crippen molar-refractivity contribution in [3.63, 3.8) is 0 Å². The molecule has 176 valence electrons. The predicted octanol–water partition coefficient (Wildman–Crippen LogP) is 4.82. The molecule has 0 bridgehead atoms. The van der Waals surface area contributed by atoms with Crippen molar-refractivity contribution in [1.82, 2.24) is 4.90 Å². The summed E-state index contributed by atoms with van der Waals surface area (Å²) in [6.07, 6.45) is 2.80. The van der Waals surface area contributed by atoms with Crippen LogP contribution in [0, 0.1) is 0 Å². The Morgan fingerprint density at radius 2 is 1.62 bits per heavy atom. The van der Waals surface area contributed by atoms with Crippen molar-refractivity contribution >= 4 is 30.0 Å². The van der Waals surface area contributed by atoms with Crippen LogP contribution in [0.3, 0.4) is 0 Å². The van der Waals surface area contributed by atoms with Gasteiger partial charge in [-0.15, -0.1) is 12.6 Å². The molecule has 0 spiro atoms. The zero-order chi connectivity index (χ0) is 23.9. The lowest BCUT2D eigenvalue weighted by Gasteiger charge is -2.30. The highest BCUT2D eigenvalue weighted by atomic mass is 32.1. The number of hydrogen-bond donors (Lipinski definition) is 3. The van der Waals surface area contributed by atoms with E-state index >= 15 is 0 Å². The molecule has 1 amide bonds. The zero-order valence-corrected chi connectivity index (χ0v) is 20.1. The third-order valence-electron chi connectivity index (χ3n) is 6.33. The molecule has 0 aromatic heterocycles. The molecule has 1 fully saturated rings. The van der Waals surface area contributed by atoms with Gasteiger partial charge in [0.2, 0.25) is 5.91 Å². The number of nitrogens with two attached hydrogens (primary N) is 1. The quantitative estimate of drug-likeness (QED) is 0.249. The van der Waals surface area contributed by atoms with Gasteiger partial charge in [-0.3, -0.25) is 9.59 Å². The van der Waals surface area contributed by atoms with Crippen LogP contribution in [0.1, 0.15) is 35.2 Å². The Labute approximate surface area is 206 Å². The standard InChI is InChI=1S/C28H31N3O2S/c29-24-13-16-31(17-14-24)15-12-23-10-11-25(18-27(23)34)30-28(33)19-26(32)22-8-6-21(7-9-22)20-4-2-1-3-5-20/h1-11,18,24,34H,12-17,19,29H2,(H,30,33). The van der Waals surface area contributed by atoms with Crippen LogP contribution < -0.4 is 11.1 Å². The zero-order valence-electron chi connectivity index (χ0n) is 19.2. The summed E-state index contributed by atoms with van der Waals surface area (Å²) < 4.78 is 0. The topological polar surface area (TPSA) is 75.4 Å². The van der Waals surface area contributed by atoms with Gasteiger partial charge in [0.1, 0.15) is 0 Å². The second kappa shape index (κ2) is 11.5. The summed E-state index contributed by atoms with van der Waals surface area (Å²) in [5.41, 5.74) is 10.4. The summed E-state index contributed by atoms with van der Waals surface area (Å²) >= 11 is 4.61. The first kappa shape index (κ1) is 24.2. The number of nitrogens with zero attached hydrogens (tertiary/aromatic N) is 1. The summed E-state index contributed by atoms with van der Waals surface area (Å²) in [5, 5.41) is 2.83. The molecule has 0 unspecified atom stereocenters. The fraction of sp³-hybridized carbons (Fsp3) is 0.286. The van der Waals surface area contributed by atoms with Crippen molar-refractivity contribution in [2.45, 2.75) is 36.6 Å². The number of Topliss-reactive ketones (excluding diaryl/α,β-unsaturated/α-hetero) is 1. The highest BCUT2D eigenvalue weighted by Crippen LogP contribution is 2.22. The fourth-order valence-corrected chi connectivity index (χ4v) is 4.57. The highest BCUT2D eigenvalue weighted by Gasteiger charge is 2.16. The molecule has 0 atom stereocenters. The van der Waals surface area contributed by atoms with Gasteiger partial charge in [-0.1, -0.05) is 60.7 Å². The van der Waals surface area contributed by atoms with Gasteiger partial charge in [0.05, 0.1) is 6.42 Å². The molecule has 34 heavy (non-hydrogen) atoms. The number of likely N-dealkylation sites (tertiary alicyclic amines) is 1. The summed E-state index contributed by atoms with van der Waals surface area (Å²) in [5.74, 6) is -0.539. The van der Waals surface area contributed by atoms with Gasteiger partial charge in [0.15, 0.2) is 5.78 Å². The Bertz CT molecular complexity index is 1120. The van der Waals surface area contributed by atoms with Crippen LogP contribution in [0.25, 0.3) is 11.1 Å². The largest absolute Gasteiger partial charge is 0.328 e. The maximum Gasteiger partial charge on any atom is 0.232 e. The summed E-state index contributed by atoms with van der Waals surface area (Å²) in [7, 11) is 0. The van der Waals surface area contributed by atoms with E-state index < -0.39 is 0 Å². The van der Waals surface area contributed by atoms with Crippen LogP contribution >= 0.6 is 12.6 Å². The molecule has 1 heterocycles. The van der Waals surface area contributed by atoms with E-state index in [1.807, 2.05) is 60.7 Å². The first-order valence-corrected chi connectivity index (χ1v) is 12.2. The van der Waals surface area contributed by atoms with Crippen LogP contribution in [0.2, 0.25) is 0 Å². The number of carbonyl (C=O) groups excluding carboxylic acids is 2. The number of hydrogen-bond acceptors (Lipinski definition) is 5. The van der Waals surface area contributed by atoms with E-state index in [2.05, 4.69) is 22.8 Å². The van der Waals surface area contributed by atoms with Crippen molar-refractivity contribution in [2.75, 3.05) is 25.0 Å². The van der Waals surface area contributed by atoms with Crippen molar-refractivity contribution in [3.05, 3.63) is 83.9 Å². The number of benzene rings is 3. The van der Waals surface area contributed by atoms with Crippen molar-refractivity contribution in [1.29, 1.82) is 0 Å². The normalized spacial score (nSPS) is 14.6. The minimum atomic E-state index is -0.331. The second-order valence-electron chi connectivity index (χ2n) is 8.86. The average molecular weight is 474 g/mol. The molecule has 1 saturated heterocycles. The predicted molar refractivity (Wildman–Crippen MR) is 141 cm³/mol. The van der Waals surface area contributed by atoms with Crippen LogP contribution in [0.4, 0.5) is 5.69 Å². The lowest BCUT2D eigenvalue weighted by Crippen LogP contribution is -2.40. The molecule has 3 N–H and O–H groups in total. The first-order chi connectivity index (χ1) is 16.5. The molecule has 3 aromatic rings. The Morgan fingerprint density at radius 3 is 2.29 bits per heavy atom. The Kier molecular flexibility index (Phi) is 8.16. The lowest BCUT2D eigenvalue weighted by atomic mass is 10.0. The summed E-state index contributed by atoms with van der Waals surface area (Å²) in [4.78, 5) is 28.3. The van der Waals surface area contributed by atoms with E-state index in [0.717, 1.165) is 60.5 Å². The number of rotatable bonds is 8. The molecule has 3 aromatic carbocycles. The van der Waals surface area contributed by atoms with Gasteiger partial charge >= 0.3 is 0 Å². The van der Waals surface area contributed by atoms with Crippen LogP contribution in [-0.4, -0.2) is 42.3 Å². The van der Waals surface area contributed by atoms with Gasteiger partial charge < -0.3 is 16.0 Å².